The number of halogens is 4. The molecule has 0 heterocycles. The molecule has 0 spiro atoms. The summed E-state index contributed by atoms with van der Waals surface area (Å²) in [4.78, 5) is 0. The van der Waals surface area contributed by atoms with Crippen molar-refractivity contribution in [2.24, 2.45) is 5.73 Å². The first-order chi connectivity index (χ1) is 7.95. The molecule has 0 atom stereocenters. The van der Waals surface area contributed by atoms with Crippen LogP contribution in [0.1, 0.15) is 17.5 Å². The minimum atomic E-state index is -4.34. The van der Waals surface area contributed by atoms with Gasteiger partial charge in [-0.05, 0) is 43.3 Å². The SMILES string of the molecule is NCCCNCc1cc(C(F)(F)F)ccc1Cl. The summed E-state index contributed by atoms with van der Waals surface area (Å²) in [7, 11) is 0. The van der Waals surface area contributed by atoms with E-state index in [-0.39, 0.29) is 0 Å². The van der Waals surface area contributed by atoms with Crippen LogP contribution in [0.3, 0.4) is 0 Å². The van der Waals surface area contributed by atoms with Gasteiger partial charge in [0.2, 0.25) is 0 Å². The van der Waals surface area contributed by atoms with Gasteiger partial charge in [0, 0.05) is 11.6 Å². The van der Waals surface area contributed by atoms with Crippen molar-refractivity contribution in [2.45, 2.75) is 19.1 Å². The van der Waals surface area contributed by atoms with E-state index in [0.29, 0.717) is 30.2 Å². The lowest BCUT2D eigenvalue weighted by atomic mass is 10.1. The topological polar surface area (TPSA) is 38.0 Å². The fraction of sp³-hybridized carbons (Fsp3) is 0.455. The Hall–Kier alpha value is -0.780. The Bertz CT molecular complexity index is 366. The van der Waals surface area contributed by atoms with Crippen LogP contribution in [0.15, 0.2) is 18.2 Å². The van der Waals surface area contributed by atoms with E-state index in [1.54, 1.807) is 0 Å². The summed E-state index contributed by atoms with van der Waals surface area (Å²) in [5.74, 6) is 0. The highest BCUT2D eigenvalue weighted by atomic mass is 35.5. The molecule has 1 rings (SSSR count). The van der Waals surface area contributed by atoms with Gasteiger partial charge in [-0.1, -0.05) is 11.6 Å². The third-order valence-electron chi connectivity index (χ3n) is 2.25. The molecule has 3 N–H and O–H groups in total. The van der Waals surface area contributed by atoms with E-state index in [1.807, 2.05) is 0 Å². The van der Waals surface area contributed by atoms with Gasteiger partial charge in [0.25, 0.3) is 0 Å². The fourth-order valence-electron chi connectivity index (χ4n) is 1.34. The van der Waals surface area contributed by atoms with E-state index < -0.39 is 11.7 Å². The summed E-state index contributed by atoms with van der Waals surface area (Å²) >= 11 is 5.83. The normalized spacial score (nSPS) is 11.8. The number of rotatable bonds is 5. The first kappa shape index (κ1) is 14.3. The Morgan fingerprint density at radius 3 is 2.59 bits per heavy atom. The molecule has 17 heavy (non-hydrogen) atoms. The molecule has 1 aromatic rings. The monoisotopic (exact) mass is 266 g/mol. The lowest BCUT2D eigenvalue weighted by molar-refractivity contribution is -0.137. The van der Waals surface area contributed by atoms with Crippen LogP contribution in [0.4, 0.5) is 13.2 Å². The van der Waals surface area contributed by atoms with Gasteiger partial charge in [0.15, 0.2) is 0 Å². The molecule has 0 radical (unpaired) electrons. The van der Waals surface area contributed by atoms with Crippen molar-refractivity contribution in [3.05, 3.63) is 34.3 Å². The molecular formula is C11H14ClF3N2. The van der Waals surface area contributed by atoms with E-state index in [0.717, 1.165) is 18.6 Å². The molecule has 0 aliphatic heterocycles. The van der Waals surface area contributed by atoms with Crippen LogP contribution in [-0.4, -0.2) is 13.1 Å². The molecule has 0 saturated carbocycles. The maximum Gasteiger partial charge on any atom is 0.416 e. The summed E-state index contributed by atoms with van der Waals surface area (Å²) in [6.45, 7) is 1.51. The number of hydrogen-bond acceptors (Lipinski definition) is 2. The second-order valence-electron chi connectivity index (χ2n) is 3.62. The van der Waals surface area contributed by atoms with Crippen LogP contribution in [0.25, 0.3) is 0 Å². The van der Waals surface area contributed by atoms with E-state index in [1.165, 1.54) is 6.07 Å². The summed E-state index contributed by atoms with van der Waals surface area (Å²) in [5.41, 5.74) is 5.06. The third kappa shape index (κ3) is 4.53. The summed E-state index contributed by atoms with van der Waals surface area (Å²) < 4.78 is 37.4. The fourth-order valence-corrected chi connectivity index (χ4v) is 1.52. The minimum absolute atomic E-state index is 0.308. The predicted molar refractivity (Wildman–Crippen MR) is 61.8 cm³/mol. The number of nitrogens with two attached hydrogens (primary N) is 1. The van der Waals surface area contributed by atoms with Gasteiger partial charge in [-0.25, -0.2) is 0 Å². The molecule has 2 nitrogen and oxygen atoms in total. The minimum Gasteiger partial charge on any atom is -0.330 e. The van der Waals surface area contributed by atoms with Crippen molar-refractivity contribution in [1.29, 1.82) is 0 Å². The first-order valence-electron chi connectivity index (χ1n) is 5.21. The highest BCUT2D eigenvalue weighted by Crippen LogP contribution is 2.31. The molecule has 0 amide bonds. The highest BCUT2D eigenvalue weighted by molar-refractivity contribution is 6.31. The first-order valence-corrected chi connectivity index (χ1v) is 5.59. The van der Waals surface area contributed by atoms with Crippen molar-refractivity contribution in [3.63, 3.8) is 0 Å². The van der Waals surface area contributed by atoms with Gasteiger partial charge in [-0.3, -0.25) is 0 Å². The second kappa shape index (κ2) is 6.23. The lowest BCUT2D eigenvalue weighted by Crippen LogP contribution is -2.18. The van der Waals surface area contributed by atoms with Gasteiger partial charge < -0.3 is 11.1 Å². The van der Waals surface area contributed by atoms with Crippen LogP contribution in [0, 0.1) is 0 Å². The van der Waals surface area contributed by atoms with Crippen molar-refractivity contribution in [1.82, 2.24) is 5.32 Å². The van der Waals surface area contributed by atoms with Crippen molar-refractivity contribution in [2.75, 3.05) is 13.1 Å². The van der Waals surface area contributed by atoms with Crippen molar-refractivity contribution >= 4 is 11.6 Å². The molecule has 0 aliphatic carbocycles. The van der Waals surface area contributed by atoms with E-state index in [4.69, 9.17) is 17.3 Å². The van der Waals surface area contributed by atoms with Gasteiger partial charge in [-0.2, -0.15) is 13.2 Å². The number of benzene rings is 1. The Morgan fingerprint density at radius 2 is 2.00 bits per heavy atom. The van der Waals surface area contributed by atoms with Crippen molar-refractivity contribution in [3.8, 4) is 0 Å². The van der Waals surface area contributed by atoms with Crippen LogP contribution < -0.4 is 11.1 Å². The highest BCUT2D eigenvalue weighted by Gasteiger charge is 2.30. The summed E-state index contributed by atoms with van der Waals surface area (Å²) in [6, 6.07) is 3.31. The van der Waals surface area contributed by atoms with Crippen LogP contribution in [0.2, 0.25) is 5.02 Å². The van der Waals surface area contributed by atoms with E-state index in [9.17, 15) is 13.2 Å². The predicted octanol–water partition coefficient (Wildman–Crippen LogP) is 2.80. The summed E-state index contributed by atoms with van der Waals surface area (Å²) in [5, 5.41) is 3.32. The zero-order chi connectivity index (χ0) is 12.9. The molecule has 0 aromatic heterocycles. The zero-order valence-corrected chi connectivity index (χ0v) is 9.91. The standard InChI is InChI=1S/C11H14ClF3N2/c12-10-3-2-9(11(13,14)15)6-8(10)7-17-5-1-4-16/h2-3,6,17H,1,4-5,7,16H2. The average molecular weight is 267 g/mol. The molecule has 0 bridgehead atoms. The second-order valence-corrected chi connectivity index (χ2v) is 4.03. The van der Waals surface area contributed by atoms with Crippen LogP contribution in [-0.2, 0) is 12.7 Å². The Balaban J connectivity index is 2.70. The maximum absolute atomic E-state index is 12.5. The summed E-state index contributed by atoms with van der Waals surface area (Å²) in [6.07, 6.45) is -3.56. The molecule has 0 aliphatic rings. The van der Waals surface area contributed by atoms with E-state index in [2.05, 4.69) is 5.32 Å². The smallest absolute Gasteiger partial charge is 0.330 e. The third-order valence-corrected chi connectivity index (χ3v) is 2.61. The molecule has 96 valence electrons. The molecule has 0 fully saturated rings. The quantitative estimate of drug-likeness (QED) is 0.805. The lowest BCUT2D eigenvalue weighted by Gasteiger charge is -2.11. The molecule has 1 aromatic carbocycles. The Morgan fingerprint density at radius 1 is 1.29 bits per heavy atom. The Labute approximate surface area is 103 Å². The number of hydrogen-bond donors (Lipinski definition) is 2. The number of alkyl halides is 3. The van der Waals surface area contributed by atoms with Gasteiger partial charge in [-0.15, -0.1) is 0 Å². The molecule has 0 saturated heterocycles. The van der Waals surface area contributed by atoms with Gasteiger partial charge in [0.1, 0.15) is 0 Å². The molecular weight excluding hydrogens is 253 g/mol. The average Bonchev–Trinajstić information content (AvgIpc) is 2.25. The van der Waals surface area contributed by atoms with Crippen LogP contribution in [0.5, 0.6) is 0 Å². The molecule has 6 heteroatoms. The van der Waals surface area contributed by atoms with Gasteiger partial charge >= 0.3 is 6.18 Å². The zero-order valence-electron chi connectivity index (χ0n) is 9.15. The van der Waals surface area contributed by atoms with Gasteiger partial charge in [0.05, 0.1) is 5.56 Å². The van der Waals surface area contributed by atoms with Crippen LogP contribution >= 0.6 is 11.6 Å². The number of nitrogens with one attached hydrogen (secondary N) is 1. The Kier molecular flexibility index (Phi) is 5.24. The van der Waals surface area contributed by atoms with E-state index >= 15 is 0 Å². The van der Waals surface area contributed by atoms with Crippen molar-refractivity contribution < 1.29 is 13.2 Å². The molecule has 0 unspecified atom stereocenters. The maximum atomic E-state index is 12.5. The largest absolute Gasteiger partial charge is 0.416 e.